The minimum absolute atomic E-state index is 0.740. The average Bonchev–Trinajstić information content (AvgIpc) is 3.81. The van der Waals surface area contributed by atoms with Crippen LogP contribution in [-0.2, 0) is 40.5 Å². The van der Waals surface area contributed by atoms with E-state index in [-0.39, 0.29) is 0 Å². The van der Waals surface area contributed by atoms with E-state index in [2.05, 4.69) is 151 Å². The molecule has 2 heteroatoms. The van der Waals surface area contributed by atoms with Gasteiger partial charge in [0.25, 0.3) is 0 Å². The molecule has 0 heterocycles. The Balaban J connectivity index is 1.49. The molecule has 0 aromatic heterocycles. The van der Waals surface area contributed by atoms with Crippen molar-refractivity contribution in [2.75, 3.05) is 0 Å². The minimum atomic E-state index is -2.92. The van der Waals surface area contributed by atoms with Gasteiger partial charge in [0.2, 0.25) is 0 Å². The van der Waals surface area contributed by atoms with E-state index >= 15 is 0 Å². The van der Waals surface area contributed by atoms with Crippen LogP contribution >= 0.6 is 0 Å². The monoisotopic (exact) mass is 874 g/mol. The molecule has 286 valence electrons. The first-order valence-electron chi connectivity index (χ1n) is 22.3. The summed E-state index contributed by atoms with van der Waals surface area (Å²) in [4.78, 5) is 0. The van der Waals surface area contributed by atoms with E-state index in [0.29, 0.717) is 0 Å². The van der Waals surface area contributed by atoms with Crippen molar-refractivity contribution >= 4 is 12.2 Å². The molecule has 0 amide bonds. The molecule has 4 aromatic carbocycles. The van der Waals surface area contributed by atoms with Crippen molar-refractivity contribution in [1.29, 1.82) is 0 Å². The summed E-state index contributed by atoms with van der Waals surface area (Å²) in [6.45, 7) is 14.8. The van der Waals surface area contributed by atoms with Gasteiger partial charge in [-0.05, 0) is 0 Å². The standard InChI is InChI=1S/2C17H15.4C4H9.C2H4.2Zr/c2*1-2-13-11-15-9-6-10-16(17(15)12-13)14-7-4-3-5-8-14;4*1-3-4-2;1-2;;/h2*3-12H,2H2,1H3;4*1,3-4H2,2H3;1-2H2;;. The van der Waals surface area contributed by atoms with Gasteiger partial charge in [-0.15, -0.1) is 0 Å². The Morgan fingerprint density at radius 3 is 1.06 bits per heavy atom. The van der Waals surface area contributed by atoms with Gasteiger partial charge in [0, 0.05) is 0 Å². The van der Waals surface area contributed by atoms with Gasteiger partial charge in [-0.2, -0.15) is 0 Å². The Bertz CT molecular complexity index is 1700. The molecule has 0 N–H and O–H groups in total. The van der Waals surface area contributed by atoms with Crippen LogP contribution in [0.5, 0.6) is 0 Å². The molecule has 0 spiro atoms. The topological polar surface area (TPSA) is 0 Å². The molecule has 54 heavy (non-hydrogen) atoms. The van der Waals surface area contributed by atoms with Crippen LogP contribution in [0.4, 0.5) is 0 Å². The first kappa shape index (κ1) is 41.8. The third-order valence-corrected chi connectivity index (χ3v) is 45.5. The summed E-state index contributed by atoms with van der Waals surface area (Å²) in [6, 6.07) is 37.4. The van der Waals surface area contributed by atoms with Crippen LogP contribution in [-0.4, -0.2) is 0 Å². The van der Waals surface area contributed by atoms with E-state index in [4.69, 9.17) is 0 Å². The molecule has 2 unspecified atom stereocenters. The van der Waals surface area contributed by atoms with Gasteiger partial charge in [-0.25, -0.2) is 0 Å². The predicted molar refractivity (Wildman–Crippen MR) is 234 cm³/mol. The average molecular weight is 878 g/mol. The van der Waals surface area contributed by atoms with Gasteiger partial charge in [0.15, 0.2) is 0 Å². The summed E-state index contributed by atoms with van der Waals surface area (Å²) in [7, 11) is 0. The molecule has 0 nitrogen and oxygen atoms in total. The Morgan fingerprint density at radius 1 is 0.389 bits per heavy atom. The summed E-state index contributed by atoms with van der Waals surface area (Å²) in [5.74, 6) is 0. The number of unbranched alkanes of at least 4 members (excludes halogenated alkanes) is 4. The quantitative estimate of drug-likeness (QED) is 0.0782. The van der Waals surface area contributed by atoms with E-state index in [1.807, 2.05) is 0 Å². The van der Waals surface area contributed by atoms with Crippen LogP contribution < -0.4 is 0 Å². The molecule has 0 aliphatic heterocycles. The zero-order chi connectivity index (χ0) is 38.0. The van der Waals surface area contributed by atoms with Crippen molar-refractivity contribution in [3.63, 3.8) is 0 Å². The van der Waals surface area contributed by atoms with E-state index in [1.165, 1.54) is 86.5 Å². The number of fused-ring (bicyclic) bond motifs is 2. The molecule has 2 atom stereocenters. The first-order valence-corrected chi connectivity index (χ1v) is 35.5. The molecule has 2 aliphatic carbocycles. The second kappa shape index (κ2) is 20.0. The van der Waals surface area contributed by atoms with E-state index in [1.54, 1.807) is 58.2 Å². The number of allylic oxidation sites excluding steroid dienone is 2. The Labute approximate surface area is 340 Å². The van der Waals surface area contributed by atoms with Gasteiger partial charge >= 0.3 is 343 Å². The van der Waals surface area contributed by atoms with Gasteiger partial charge in [0.05, 0.1) is 0 Å². The van der Waals surface area contributed by atoms with Gasteiger partial charge in [-0.3, -0.25) is 0 Å². The van der Waals surface area contributed by atoms with Crippen molar-refractivity contribution in [3.8, 4) is 22.3 Å². The Kier molecular flexibility index (Phi) is 15.5. The maximum absolute atomic E-state index is 2.92. The van der Waals surface area contributed by atoms with Crippen LogP contribution in [0.25, 0.3) is 34.4 Å². The molecule has 0 bridgehead atoms. The molecule has 2 aliphatic rings. The van der Waals surface area contributed by atoms with Gasteiger partial charge in [-0.1, -0.05) is 0 Å². The Morgan fingerprint density at radius 2 is 0.741 bits per heavy atom. The molecule has 0 fully saturated rings. The van der Waals surface area contributed by atoms with Crippen molar-refractivity contribution in [2.24, 2.45) is 0 Å². The first-order chi connectivity index (χ1) is 26.5. The molecule has 0 saturated heterocycles. The van der Waals surface area contributed by atoms with Crippen LogP contribution in [0.2, 0.25) is 24.8 Å². The van der Waals surface area contributed by atoms with Crippen LogP contribution in [0.1, 0.15) is 135 Å². The molecule has 6 rings (SSSR count). The van der Waals surface area contributed by atoms with Gasteiger partial charge < -0.3 is 0 Å². The molecule has 4 aromatic rings. The zero-order valence-electron chi connectivity index (χ0n) is 34.9. The van der Waals surface area contributed by atoms with Crippen LogP contribution in [0.15, 0.2) is 108 Å². The van der Waals surface area contributed by atoms with Crippen molar-refractivity contribution in [1.82, 2.24) is 0 Å². The second-order valence-corrected chi connectivity index (χ2v) is 40.6. The maximum atomic E-state index is 2.72. The fourth-order valence-electron chi connectivity index (χ4n) is 11.0. The molecule has 0 saturated carbocycles. The molecule has 0 radical (unpaired) electrons. The molecular formula is C52H70Zr2. The third kappa shape index (κ3) is 8.82. The fourth-order valence-corrected chi connectivity index (χ4v) is 56.0. The van der Waals surface area contributed by atoms with Crippen molar-refractivity contribution < 1.29 is 40.5 Å². The number of hydrogen-bond acceptors (Lipinski definition) is 0. The van der Waals surface area contributed by atoms with E-state index in [0.717, 1.165) is 7.25 Å². The van der Waals surface area contributed by atoms with Gasteiger partial charge in [0.1, 0.15) is 0 Å². The normalized spacial score (nSPS) is 16.6. The molecular weight excluding hydrogens is 807 g/mol. The third-order valence-electron chi connectivity index (χ3n) is 13.7. The van der Waals surface area contributed by atoms with Crippen LogP contribution in [0.3, 0.4) is 0 Å². The van der Waals surface area contributed by atoms with E-state index < -0.39 is 40.5 Å². The number of rotatable bonds is 21. The predicted octanol–water partition coefficient (Wildman–Crippen LogP) is 17.4. The summed E-state index contributed by atoms with van der Waals surface area (Å²) in [5, 5.41) is 0. The number of benzene rings is 4. The van der Waals surface area contributed by atoms with Crippen LogP contribution in [0, 0.1) is 0 Å². The summed E-state index contributed by atoms with van der Waals surface area (Å²) >= 11 is -5.83. The van der Waals surface area contributed by atoms with Crippen molar-refractivity contribution in [3.05, 3.63) is 130 Å². The number of hydrogen-bond donors (Lipinski definition) is 0. The second-order valence-electron chi connectivity index (χ2n) is 17.0. The SMILES string of the molecule is CCC[CH2][Zr]([CH2]CCC)([CH2][CH2][Zr]([CH2]CCC)([CH2]CCC)[CH]1C(CC)=Cc2c(-c3ccccc3)cccc21)[CH]1C(CC)=Cc2c(-c3ccccc3)cccc21. The van der Waals surface area contributed by atoms with E-state index in [9.17, 15) is 0 Å². The summed E-state index contributed by atoms with van der Waals surface area (Å²) < 4.78 is 11.0. The Hall–Kier alpha value is -1.87. The summed E-state index contributed by atoms with van der Waals surface area (Å²) in [6.07, 6.45) is 18.9. The zero-order valence-corrected chi connectivity index (χ0v) is 39.8. The summed E-state index contributed by atoms with van der Waals surface area (Å²) in [5.41, 5.74) is 15.9. The fraction of sp³-hybridized carbons (Fsp3) is 0.462. The van der Waals surface area contributed by atoms with Crippen molar-refractivity contribution in [2.45, 2.75) is 138 Å².